The van der Waals surface area contributed by atoms with Crippen LogP contribution >= 0.6 is 0 Å². The highest BCUT2D eigenvalue weighted by atomic mass is 19.3. The maximum Gasteiger partial charge on any atom is 0.319 e. The number of aryl methyl sites for hydroxylation is 1. The molecule has 254 valence electrons. The van der Waals surface area contributed by atoms with Gasteiger partial charge in [-0.05, 0) is 66.8 Å². The molecule has 2 atom stereocenters. The summed E-state index contributed by atoms with van der Waals surface area (Å²) in [4.78, 5) is 16.5. The first kappa shape index (κ1) is 31.4. The molecule has 5 heterocycles. The molecule has 2 aromatic carbocycles. The molecule has 1 spiro atoms. The van der Waals surface area contributed by atoms with Crippen molar-refractivity contribution in [1.29, 1.82) is 0 Å². The lowest BCUT2D eigenvalue weighted by molar-refractivity contribution is -0.0564. The first-order valence-electron chi connectivity index (χ1n) is 16.1. The van der Waals surface area contributed by atoms with E-state index in [-0.39, 0.29) is 85.3 Å². The van der Waals surface area contributed by atoms with Gasteiger partial charge in [0.1, 0.15) is 41.8 Å². The molecule has 2 aromatic heterocycles. The molecule has 0 unspecified atom stereocenters. The van der Waals surface area contributed by atoms with Gasteiger partial charge in [0.05, 0.1) is 29.5 Å². The molecule has 0 bridgehead atoms. The van der Waals surface area contributed by atoms with E-state index >= 15 is 4.39 Å². The van der Waals surface area contributed by atoms with Crippen molar-refractivity contribution in [2.75, 3.05) is 50.9 Å². The summed E-state index contributed by atoms with van der Waals surface area (Å²) in [6.45, 7) is 1.03. The Hall–Kier alpha value is -3.91. The smallest absolute Gasteiger partial charge is 0.319 e. The van der Waals surface area contributed by atoms with Crippen molar-refractivity contribution in [1.82, 2.24) is 19.9 Å². The molecule has 1 saturated carbocycles. The number of anilines is 1. The van der Waals surface area contributed by atoms with Crippen molar-refractivity contribution < 1.29 is 40.9 Å². The molecular formula is C34H33F6N5O3. The van der Waals surface area contributed by atoms with E-state index in [2.05, 4.69) is 15.0 Å². The first-order chi connectivity index (χ1) is 22.8. The molecule has 48 heavy (non-hydrogen) atoms. The van der Waals surface area contributed by atoms with Crippen LogP contribution in [0, 0.1) is 17.0 Å². The number of hydrogen-bond donors (Lipinski definition) is 1. The van der Waals surface area contributed by atoms with Crippen LogP contribution in [0.4, 0.5) is 32.2 Å². The predicted octanol–water partition coefficient (Wildman–Crippen LogP) is 6.51. The molecule has 4 fully saturated rings. The third-order valence-electron chi connectivity index (χ3n) is 10.5. The predicted molar refractivity (Wildman–Crippen MR) is 165 cm³/mol. The van der Waals surface area contributed by atoms with Crippen LogP contribution in [-0.2, 0) is 11.2 Å². The standard InChI is InChI=1S/C34H33F6N5O3/c1-2-21-24(35)5-4-19-10-20(46)11-22(25(19)21)27-26(36)28-23(12-41-27)29(44-8-9-47-18-33(37,38)16-44)43-30(42-28)48-17-32-6-3-7-45(32)15-31(13-32)14-34(31,39)40/h4-5,10-12,46H,2-3,6-9,13-18H2,1H3/t31-,32-/m0/s1. The molecule has 14 heteroatoms. The van der Waals surface area contributed by atoms with Gasteiger partial charge >= 0.3 is 6.01 Å². The third kappa shape index (κ3) is 4.93. The second-order valence-electron chi connectivity index (χ2n) is 13.7. The number of ether oxygens (including phenoxy) is 2. The summed E-state index contributed by atoms with van der Waals surface area (Å²) < 4.78 is 101. The number of phenols is 1. The van der Waals surface area contributed by atoms with E-state index in [1.807, 2.05) is 4.90 Å². The number of rotatable bonds is 6. The van der Waals surface area contributed by atoms with Crippen LogP contribution in [0.15, 0.2) is 30.5 Å². The van der Waals surface area contributed by atoms with E-state index < -0.39 is 47.6 Å². The minimum Gasteiger partial charge on any atom is -0.508 e. The van der Waals surface area contributed by atoms with Gasteiger partial charge in [0, 0.05) is 31.3 Å². The summed E-state index contributed by atoms with van der Waals surface area (Å²) in [6.07, 6.45) is 3.05. The molecule has 1 aliphatic carbocycles. The fourth-order valence-corrected chi connectivity index (χ4v) is 8.18. The monoisotopic (exact) mass is 673 g/mol. The van der Waals surface area contributed by atoms with Gasteiger partial charge in [0.25, 0.3) is 11.8 Å². The van der Waals surface area contributed by atoms with Crippen LogP contribution in [0.25, 0.3) is 32.9 Å². The lowest BCUT2D eigenvalue weighted by Gasteiger charge is -2.31. The van der Waals surface area contributed by atoms with Gasteiger partial charge in [-0.15, -0.1) is 0 Å². The van der Waals surface area contributed by atoms with Crippen molar-refractivity contribution in [3.63, 3.8) is 0 Å². The highest BCUT2D eigenvalue weighted by Gasteiger charge is 2.77. The molecular weight excluding hydrogens is 640 g/mol. The Morgan fingerprint density at radius 1 is 1.04 bits per heavy atom. The number of alkyl halides is 4. The quantitative estimate of drug-likeness (QED) is 0.232. The zero-order valence-corrected chi connectivity index (χ0v) is 26.1. The number of aromatic hydroxyl groups is 1. The molecule has 4 aliphatic rings. The van der Waals surface area contributed by atoms with Crippen LogP contribution in [0.1, 0.15) is 38.2 Å². The lowest BCUT2D eigenvalue weighted by atomic mass is 9.89. The topological polar surface area (TPSA) is 83.8 Å². The Balaban J connectivity index is 1.26. The van der Waals surface area contributed by atoms with Gasteiger partial charge < -0.3 is 19.5 Å². The number of nitrogens with zero attached hydrogens (tertiary/aromatic N) is 5. The molecule has 4 aromatic rings. The summed E-state index contributed by atoms with van der Waals surface area (Å²) >= 11 is 0. The number of pyridine rings is 1. The average Bonchev–Trinajstić information content (AvgIpc) is 3.25. The SMILES string of the molecule is CCc1c(F)ccc2cc(O)cc(-c3ncc4c(N5CCOCC(F)(F)C5)nc(OC[C@@]56CCCN5C[C@@]5(CC5(F)F)C6)nc4c3F)c12. The summed E-state index contributed by atoms with van der Waals surface area (Å²) in [5.74, 6) is -7.66. The summed E-state index contributed by atoms with van der Waals surface area (Å²) in [5.41, 5.74) is -1.85. The minimum absolute atomic E-state index is 0.0101. The van der Waals surface area contributed by atoms with Crippen molar-refractivity contribution in [2.45, 2.75) is 56.4 Å². The Kier molecular flexibility index (Phi) is 7.05. The molecule has 0 amide bonds. The normalized spacial score (nSPS) is 26.4. The number of aromatic nitrogens is 3. The van der Waals surface area contributed by atoms with Crippen molar-refractivity contribution >= 4 is 27.5 Å². The fraction of sp³-hybridized carbons (Fsp3) is 0.500. The number of benzene rings is 2. The Morgan fingerprint density at radius 3 is 2.62 bits per heavy atom. The molecule has 8 nitrogen and oxygen atoms in total. The van der Waals surface area contributed by atoms with Gasteiger partial charge in [-0.1, -0.05) is 13.0 Å². The van der Waals surface area contributed by atoms with Gasteiger partial charge in [-0.2, -0.15) is 9.97 Å². The van der Waals surface area contributed by atoms with E-state index in [1.54, 1.807) is 6.92 Å². The molecule has 3 aliphatic heterocycles. The van der Waals surface area contributed by atoms with Gasteiger partial charge in [0.15, 0.2) is 5.82 Å². The summed E-state index contributed by atoms with van der Waals surface area (Å²) in [6, 6.07) is 5.20. The van der Waals surface area contributed by atoms with Gasteiger partial charge in [0.2, 0.25) is 0 Å². The fourth-order valence-electron chi connectivity index (χ4n) is 8.18. The first-order valence-corrected chi connectivity index (χ1v) is 16.1. The second-order valence-corrected chi connectivity index (χ2v) is 13.7. The van der Waals surface area contributed by atoms with Crippen molar-refractivity contribution in [3.05, 3.63) is 47.7 Å². The number of hydrogen-bond acceptors (Lipinski definition) is 8. The second kappa shape index (κ2) is 10.8. The van der Waals surface area contributed by atoms with E-state index in [0.29, 0.717) is 29.3 Å². The highest BCUT2D eigenvalue weighted by molar-refractivity contribution is 6.01. The molecule has 8 rings (SSSR count). The Bertz CT molecular complexity index is 1960. The zero-order valence-electron chi connectivity index (χ0n) is 26.1. The maximum atomic E-state index is 16.8. The van der Waals surface area contributed by atoms with Crippen LogP contribution in [0.5, 0.6) is 11.8 Å². The Morgan fingerprint density at radius 2 is 1.85 bits per heavy atom. The maximum absolute atomic E-state index is 16.8. The molecule has 1 N–H and O–H groups in total. The molecule has 0 radical (unpaired) electrons. The van der Waals surface area contributed by atoms with Crippen LogP contribution in [-0.4, -0.2) is 88.3 Å². The summed E-state index contributed by atoms with van der Waals surface area (Å²) in [7, 11) is 0. The van der Waals surface area contributed by atoms with Gasteiger partial charge in [-0.25, -0.2) is 26.3 Å². The largest absolute Gasteiger partial charge is 0.508 e. The zero-order chi connectivity index (χ0) is 33.6. The van der Waals surface area contributed by atoms with Crippen LogP contribution < -0.4 is 9.64 Å². The minimum atomic E-state index is -3.24. The summed E-state index contributed by atoms with van der Waals surface area (Å²) in [5, 5.41) is 11.4. The Labute approximate surface area is 271 Å². The molecule has 3 saturated heterocycles. The van der Waals surface area contributed by atoms with Crippen LogP contribution in [0.3, 0.4) is 0 Å². The van der Waals surface area contributed by atoms with E-state index in [0.717, 1.165) is 6.42 Å². The van der Waals surface area contributed by atoms with E-state index in [9.17, 15) is 27.1 Å². The number of phenolic OH excluding ortho intramolecular Hbond substituents is 1. The number of fused-ring (bicyclic) bond motifs is 3. The van der Waals surface area contributed by atoms with Crippen molar-refractivity contribution in [3.8, 4) is 23.0 Å². The highest BCUT2D eigenvalue weighted by Crippen LogP contribution is 2.69. The van der Waals surface area contributed by atoms with E-state index in [4.69, 9.17) is 9.47 Å². The lowest BCUT2D eigenvalue weighted by Crippen LogP contribution is -2.43. The van der Waals surface area contributed by atoms with Crippen molar-refractivity contribution in [2.24, 2.45) is 5.41 Å². The van der Waals surface area contributed by atoms with E-state index in [1.165, 1.54) is 35.4 Å². The number of halogens is 6. The van der Waals surface area contributed by atoms with Gasteiger partial charge in [-0.3, -0.25) is 9.88 Å². The van der Waals surface area contributed by atoms with Crippen LogP contribution in [0.2, 0.25) is 0 Å². The average molecular weight is 674 g/mol. The third-order valence-corrected chi connectivity index (χ3v) is 10.5.